The summed E-state index contributed by atoms with van der Waals surface area (Å²) in [7, 11) is -1.10. The topological polar surface area (TPSA) is 54.4 Å². The summed E-state index contributed by atoms with van der Waals surface area (Å²) in [5.41, 5.74) is 0.704. The Balaban J connectivity index is 2.89. The fourth-order valence-corrected chi connectivity index (χ4v) is 2.03. The van der Waals surface area contributed by atoms with E-state index in [0.717, 1.165) is 0 Å². The Morgan fingerprint density at radius 1 is 1.43 bits per heavy atom. The normalized spacial score (nSPS) is 14.6. The fourth-order valence-electron chi connectivity index (χ4n) is 1.23. The summed E-state index contributed by atoms with van der Waals surface area (Å²) in [6.45, 7) is 0. The lowest BCUT2D eigenvalue weighted by Crippen LogP contribution is -2.18. The van der Waals surface area contributed by atoms with Crippen LogP contribution in [0.3, 0.4) is 0 Å². The molecule has 0 aromatic heterocycles. The van der Waals surface area contributed by atoms with Crippen molar-refractivity contribution in [2.75, 3.05) is 12.0 Å². The van der Waals surface area contributed by atoms with Crippen LogP contribution in [-0.4, -0.2) is 27.3 Å². The molecule has 1 aromatic carbocycles. The zero-order valence-corrected chi connectivity index (χ0v) is 8.66. The van der Waals surface area contributed by atoms with Crippen molar-refractivity contribution in [2.45, 2.75) is 5.92 Å². The van der Waals surface area contributed by atoms with Gasteiger partial charge in [0.25, 0.3) is 0 Å². The van der Waals surface area contributed by atoms with Gasteiger partial charge >= 0.3 is 5.97 Å². The van der Waals surface area contributed by atoms with Crippen LogP contribution in [0, 0.1) is 0 Å². The molecule has 0 fully saturated rings. The molecular formula is C10H12O3S. The maximum atomic E-state index is 11.0. The molecule has 0 bridgehead atoms. The highest BCUT2D eigenvalue weighted by atomic mass is 32.2. The highest BCUT2D eigenvalue weighted by Crippen LogP contribution is 2.16. The molecule has 14 heavy (non-hydrogen) atoms. The van der Waals surface area contributed by atoms with Crippen molar-refractivity contribution in [3.8, 4) is 0 Å². The maximum Gasteiger partial charge on any atom is 0.311 e. The number of aliphatic carboxylic acids is 1. The molecule has 0 aliphatic heterocycles. The molecular weight excluding hydrogens is 200 g/mol. The SMILES string of the molecule is CS(=O)CC(C(=O)O)c1ccccc1. The first kappa shape index (κ1) is 10.9. The molecule has 76 valence electrons. The van der Waals surface area contributed by atoms with Crippen molar-refractivity contribution in [2.24, 2.45) is 0 Å². The van der Waals surface area contributed by atoms with Gasteiger partial charge < -0.3 is 5.11 Å². The van der Waals surface area contributed by atoms with E-state index in [-0.39, 0.29) is 5.75 Å². The third kappa shape index (κ3) is 2.96. The zero-order valence-electron chi connectivity index (χ0n) is 7.84. The maximum absolute atomic E-state index is 11.0. The van der Waals surface area contributed by atoms with Crippen LogP contribution in [0.15, 0.2) is 30.3 Å². The van der Waals surface area contributed by atoms with Crippen LogP contribution in [0.2, 0.25) is 0 Å². The lowest BCUT2D eigenvalue weighted by Gasteiger charge is -2.10. The van der Waals surface area contributed by atoms with Crippen LogP contribution in [0.25, 0.3) is 0 Å². The van der Waals surface area contributed by atoms with Crippen molar-refractivity contribution < 1.29 is 14.1 Å². The van der Waals surface area contributed by atoms with Gasteiger partial charge in [-0.05, 0) is 5.56 Å². The number of benzene rings is 1. The van der Waals surface area contributed by atoms with Crippen LogP contribution in [0.5, 0.6) is 0 Å². The van der Waals surface area contributed by atoms with E-state index in [0.29, 0.717) is 5.56 Å². The van der Waals surface area contributed by atoms with E-state index >= 15 is 0 Å². The number of hydrogen-bond acceptors (Lipinski definition) is 2. The minimum Gasteiger partial charge on any atom is -0.481 e. The van der Waals surface area contributed by atoms with Crippen molar-refractivity contribution in [3.63, 3.8) is 0 Å². The third-order valence-electron chi connectivity index (χ3n) is 1.90. The minimum absolute atomic E-state index is 0.166. The van der Waals surface area contributed by atoms with Gasteiger partial charge in [0, 0.05) is 22.8 Å². The van der Waals surface area contributed by atoms with Crippen molar-refractivity contribution in [1.82, 2.24) is 0 Å². The standard InChI is InChI=1S/C10H12O3S/c1-14(13)7-9(10(11)12)8-5-3-2-4-6-8/h2-6,9H,7H2,1H3,(H,11,12). The average Bonchev–Trinajstić information content (AvgIpc) is 2.15. The first-order valence-electron chi connectivity index (χ1n) is 4.19. The van der Waals surface area contributed by atoms with E-state index in [9.17, 15) is 9.00 Å². The molecule has 2 unspecified atom stereocenters. The molecule has 2 atom stereocenters. The Morgan fingerprint density at radius 2 is 2.00 bits per heavy atom. The summed E-state index contributed by atoms with van der Waals surface area (Å²) in [6.07, 6.45) is 1.51. The Kier molecular flexibility index (Phi) is 3.83. The molecule has 0 amide bonds. The van der Waals surface area contributed by atoms with Crippen LogP contribution in [-0.2, 0) is 15.6 Å². The second-order valence-corrected chi connectivity index (χ2v) is 4.52. The van der Waals surface area contributed by atoms with Gasteiger partial charge in [-0.2, -0.15) is 0 Å². The number of hydrogen-bond donors (Lipinski definition) is 1. The number of rotatable bonds is 4. The molecule has 0 radical (unpaired) electrons. The van der Waals surface area contributed by atoms with Crippen molar-refractivity contribution in [1.29, 1.82) is 0 Å². The second-order valence-electron chi connectivity index (χ2n) is 3.04. The van der Waals surface area contributed by atoms with Crippen LogP contribution in [0.4, 0.5) is 0 Å². The molecule has 0 aliphatic rings. The van der Waals surface area contributed by atoms with Gasteiger partial charge in [0.2, 0.25) is 0 Å². The van der Waals surface area contributed by atoms with Gasteiger partial charge in [0.15, 0.2) is 0 Å². The second kappa shape index (κ2) is 4.91. The van der Waals surface area contributed by atoms with Gasteiger partial charge in [-0.1, -0.05) is 30.3 Å². The van der Waals surface area contributed by atoms with E-state index in [1.54, 1.807) is 24.3 Å². The van der Waals surface area contributed by atoms with E-state index in [1.807, 2.05) is 6.07 Å². The number of carboxylic acids is 1. The third-order valence-corrected chi connectivity index (χ3v) is 2.70. The van der Waals surface area contributed by atoms with Crippen molar-refractivity contribution in [3.05, 3.63) is 35.9 Å². The first-order chi connectivity index (χ1) is 6.61. The molecule has 0 saturated heterocycles. The summed E-state index contributed by atoms with van der Waals surface area (Å²) in [6, 6.07) is 8.87. The van der Waals surface area contributed by atoms with E-state index in [2.05, 4.69) is 0 Å². The molecule has 1 aromatic rings. The van der Waals surface area contributed by atoms with Crippen molar-refractivity contribution >= 4 is 16.8 Å². The summed E-state index contributed by atoms with van der Waals surface area (Å²) in [5.74, 6) is -1.42. The molecule has 0 aliphatic carbocycles. The Labute approximate surface area is 85.2 Å². The molecule has 1 rings (SSSR count). The molecule has 4 heteroatoms. The van der Waals surface area contributed by atoms with Crippen LogP contribution >= 0.6 is 0 Å². The predicted molar refractivity (Wildman–Crippen MR) is 55.8 cm³/mol. The van der Waals surface area contributed by atoms with Gasteiger partial charge in [-0.15, -0.1) is 0 Å². The summed E-state index contributed by atoms with van der Waals surface area (Å²) < 4.78 is 11.0. The van der Waals surface area contributed by atoms with Gasteiger partial charge in [0.1, 0.15) is 0 Å². The summed E-state index contributed by atoms with van der Waals surface area (Å²) in [5, 5.41) is 8.94. The molecule has 0 spiro atoms. The largest absolute Gasteiger partial charge is 0.481 e. The Hall–Kier alpha value is -1.16. The molecule has 0 heterocycles. The van der Waals surface area contributed by atoms with E-state index in [4.69, 9.17) is 5.11 Å². The van der Waals surface area contributed by atoms with E-state index < -0.39 is 22.7 Å². The highest BCUT2D eigenvalue weighted by Gasteiger charge is 2.20. The van der Waals surface area contributed by atoms with Crippen LogP contribution < -0.4 is 0 Å². The monoisotopic (exact) mass is 212 g/mol. The van der Waals surface area contributed by atoms with Gasteiger partial charge in [-0.25, -0.2) is 0 Å². The quantitative estimate of drug-likeness (QED) is 0.816. The summed E-state index contributed by atoms with van der Waals surface area (Å²) >= 11 is 0. The zero-order chi connectivity index (χ0) is 10.6. The number of carboxylic acid groups (broad SMARTS) is 1. The smallest absolute Gasteiger partial charge is 0.311 e. The molecule has 1 N–H and O–H groups in total. The fraction of sp³-hybridized carbons (Fsp3) is 0.300. The van der Waals surface area contributed by atoms with Gasteiger partial charge in [0.05, 0.1) is 5.92 Å². The summed E-state index contributed by atoms with van der Waals surface area (Å²) in [4.78, 5) is 10.9. The number of carbonyl (C=O) groups is 1. The Bertz CT molecular complexity index is 334. The lowest BCUT2D eigenvalue weighted by molar-refractivity contribution is -0.138. The molecule has 3 nitrogen and oxygen atoms in total. The van der Waals surface area contributed by atoms with Gasteiger partial charge in [-0.3, -0.25) is 9.00 Å². The van der Waals surface area contributed by atoms with Crippen LogP contribution in [0.1, 0.15) is 11.5 Å². The average molecular weight is 212 g/mol. The van der Waals surface area contributed by atoms with E-state index in [1.165, 1.54) is 6.26 Å². The minimum atomic E-state index is -1.10. The predicted octanol–water partition coefficient (Wildman–Crippen LogP) is 1.23. The first-order valence-corrected chi connectivity index (χ1v) is 5.91. The Morgan fingerprint density at radius 3 is 2.43 bits per heavy atom. The molecule has 0 saturated carbocycles. The highest BCUT2D eigenvalue weighted by molar-refractivity contribution is 7.84. The lowest BCUT2D eigenvalue weighted by atomic mass is 10.0.